The van der Waals surface area contributed by atoms with Crippen molar-refractivity contribution in [1.29, 1.82) is 0 Å². The van der Waals surface area contributed by atoms with E-state index in [0.29, 0.717) is 28.9 Å². The van der Waals surface area contributed by atoms with Crippen LogP contribution in [0.2, 0.25) is 0 Å². The van der Waals surface area contributed by atoms with Crippen LogP contribution in [0.25, 0.3) is 0 Å². The van der Waals surface area contributed by atoms with Gasteiger partial charge in [-0.3, -0.25) is 0 Å². The minimum absolute atomic E-state index is 0.123. The maximum absolute atomic E-state index is 12.3. The average Bonchev–Trinajstić information content (AvgIpc) is 2.71. The van der Waals surface area contributed by atoms with Gasteiger partial charge in [0.05, 0.1) is 15.6 Å². The van der Waals surface area contributed by atoms with E-state index in [0.717, 1.165) is 18.7 Å². The van der Waals surface area contributed by atoms with Gasteiger partial charge < -0.3 is 15.0 Å². The third-order valence-corrected chi connectivity index (χ3v) is 6.36. The first-order valence-electron chi connectivity index (χ1n) is 8.94. The van der Waals surface area contributed by atoms with Crippen LogP contribution < -0.4 is 14.9 Å². The Bertz CT molecular complexity index is 1000. The molecule has 2 aromatic carbocycles. The predicted octanol–water partition coefficient (Wildman–Crippen LogP) is 2.47. The molecule has 1 fully saturated rings. The van der Waals surface area contributed by atoms with Gasteiger partial charge in [-0.2, -0.15) is 13.5 Å². The lowest BCUT2D eigenvalue weighted by Gasteiger charge is -2.26. The number of hydrogen-bond donors (Lipinski definition) is 2. The fraction of sp³-hybridized carbons (Fsp3) is 0.263. The molecule has 10 heteroatoms. The van der Waals surface area contributed by atoms with E-state index < -0.39 is 16.1 Å². The van der Waals surface area contributed by atoms with Crippen molar-refractivity contribution < 1.29 is 17.9 Å². The van der Waals surface area contributed by atoms with E-state index in [1.54, 1.807) is 35.2 Å². The highest BCUT2D eigenvalue weighted by Gasteiger charge is 2.19. The second kappa shape index (κ2) is 9.38. The largest absolute Gasteiger partial charge is 0.415 e. The first kappa shape index (κ1) is 21.3. The SMILES string of the molecule is Cc1ccc(S(=O)(=O)N/N=C/c2cccc(OC(=O)N3CCNCC3)c2Br)cc1. The maximum atomic E-state index is 12.3. The van der Waals surface area contributed by atoms with Gasteiger partial charge in [-0.25, -0.2) is 9.63 Å². The molecular weight excluding hydrogens is 460 g/mol. The van der Waals surface area contributed by atoms with Gasteiger partial charge in [0.1, 0.15) is 5.75 Å². The van der Waals surface area contributed by atoms with Crippen molar-refractivity contribution in [2.24, 2.45) is 5.10 Å². The summed E-state index contributed by atoms with van der Waals surface area (Å²) in [6.07, 6.45) is 0.916. The number of carbonyl (C=O) groups excluding carboxylic acids is 1. The first-order chi connectivity index (χ1) is 13.9. The number of nitrogens with one attached hydrogen (secondary N) is 2. The third kappa shape index (κ3) is 5.55. The molecule has 1 aliphatic heterocycles. The minimum atomic E-state index is -3.76. The Morgan fingerprint density at radius 3 is 2.59 bits per heavy atom. The highest BCUT2D eigenvalue weighted by atomic mass is 79.9. The van der Waals surface area contributed by atoms with Crippen LogP contribution >= 0.6 is 15.9 Å². The Labute approximate surface area is 178 Å². The molecule has 0 aliphatic carbocycles. The Kier molecular flexibility index (Phi) is 6.88. The highest BCUT2D eigenvalue weighted by molar-refractivity contribution is 9.10. The minimum Gasteiger partial charge on any atom is -0.409 e. The van der Waals surface area contributed by atoms with Gasteiger partial charge in [0, 0.05) is 31.7 Å². The normalized spacial score (nSPS) is 14.8. The van der Waals surface area contributed by atoms with Crippen LogP contribution in [0.15, 0.2) is 56.9 Å². The van der Waals surface area contributed by atoms with Crippen molar-refractivity contribution in [1.82, 2.24) is 15.0 Å². The number of rotatable bonds is 5. The summed E-state index contributed by atoms with van der Waals surface area (Å²) in [6, 6.07) is 11.5. The maximum Gasteiger partial charge on any atom is 0.415 e. The number of aryl methyl sites for hydroxylation is 1. The number of benzene rings is 2. The molecule has 154 valence electrons. The molecule has 0 atom stereocenters. The van der Waals surface area contributed by atoms with Crippen molar-refractivity contribution in [2.75, 3.05) is 26.2 Å². The molecule has 3 rings (SSSR count). The molecule has 0 unspecified atom stereocenters. The van der Waals surface area contributed by atoms with E-state index in [4.69, 9.17) is 4.74 Å². The van der Waals surface area contributed by atoms with E-state index >= 15 is 0 Å². The molecule has 0 aromatic heterocycles. The summed E-state index contributed by atoms with van der Waals surface area (Å²) in [7, 11) is -3.76. The second-order valence-corrected chi connectivity index (χ2v) is 8.88. The number of amides is 1. The summed E-state index contributed by atoms with van der Waals surface area (Å²) in [5.74, 6) is 0.332. The lowest BCUT2D eigenvalue weighted by molar-refractivity contribution is 0.145. The van der Waals surface area contributed by atoms with Gasteiger partial charge in [-0.1, -0.05) is 29.8 Å². The zero-order chi connectivity index (χ0) is 20.9. The molecule has 8 nitrogen and oxygen atoms in total. The number of ether oxygens (including phenoxy) is 1. The molecule has 2 aromatic rings. The second-order valence-electron chi connectivity index (χ2n) is 6.43. The van der Waals surface area contributed by atoms with Crippen LogP contribution in [0.4, 0.5) is 4.79 Å². The van der Waals surface area contributed by atoms with E-state index in [1.807, 2.05) is 6.92 Å². The number of sulfonamides is 1. The average molecular weight is 481 g/mol. The molecule has 0 radical (unpaired) electrons. The van der Waals surface area contributed by atoms with Gasteiger partial charge >= 0.3 is 6.09 Å². The lowest BCUT2D eigenvalue weighted by Crippen LogP contribution is -2.47. The van der Waals surface area contributed by atoms with Crippen LogP contribution in [0, 0.1) is 6.92 Å². The monoisotopic (exact) mass is 480 g/mol. The number of halogens is 1. The quantitative estimate of drug-likeness (QED) is 0.505. The zero-order valence-corrected chi connectivity index (χ0v) is 18.2. The Hall–Kier alpha value is -2.43. The lowest BCUT2D eigenvalue weighted by atomic mass is 10.2. The van der Waals surface area contributed by atoms with Crippen LogP contribution in [0.1, 0.15) is 11.1 Å². The zero-order valence-electron chi connectivity index (χ0n) is 15.8. The van der Waals surface area contributed by atoms with Crippen molar-refractivity contribution in [2.45, 2.75) is 11.8 Å². The number of carbonyl (C=O) groups is 1. The number of hydrogen-bond acceptors (Lipinski definition) is 6. The van der Waals surface area contributed by atoms with Gasteiger partial charge in [-0.05, 0) is 41.1 Å². The van der Waals surface area contributed by atoms with E-state index in [-0.39, 0.29) is 4.90 Å². The topological polar surface area (TPSA) is 100 Å². The molecule has 1 amide bonds. The number of nitrogens with zero attached hydrogens (tertiary/aromatic N) is 2. The van der Waals surface area contributed by atoms with E-state index in [9.17, 15) is 13.2 Å². The summed E-state index contributed by atoms with van der Waals surface area (Å²) >= 11 is 3.39. The summed E-state index contributed by atoms with van der Waals surface area (Å²) < 4.78 is 30.5. The molecule has 0 bridgehead atoms. The standard InChI is InChI=1S/C19H21BrN4O4S/c1-14-5-7-16(8-6-14)29(26,27)23-22-13-15-3-2-4-17(18(15)20)28-19(25)24-11-9-21-10-12-24/h2-8,13,21,23H,9-12H2,1H3/b22-13+. The van der Waals surface area contributed by atoms with Crippen molar-refractivity contribution >= 4 is 38.3 Å². The molecule has 1 heterocycles. The van der Waals surface area contributed by atoms with Gasteiger partial charge in [0.15, 0.2) is 0 Å². The Balaban J connectivity index is 1.68. The molecule has 1 saturated heterocycles. The molecule has 29 heavy (non-hydrogen) atoms. The van der Waals surface area contributed by atoms with Crippen molar-refractivity contribution in [3.8, 4) is 5.75 Å². The van der Waals surface area contributed by atoms with Gasteiger partial charge in [0.2, 0.25) is 0 Å². The fourth-order valence-electron chi connectivity index (χ4n) is 2.65. The van der Waals surface area contributed by atoms with Crippen LogP contribution in [0.5, 0.6) is 5.75 Å². The summed E-state index contributed by atoms with van der Waals surface area (Å²) in [5.41, 5.74) is 1.52. The van der Waals surface area contributed by atoms with Gasteiger partial charge in [0.25, 0.3) is 10.0 Å². The highest BCUT2D eigenvalue weighted by Crippen LogP contribution is 2.28. The molecule has 0 spiro atoms. The Morgan fingerprint density at radius 2 is 1.90 bits per heavy atom. The summed E-state index contributed by atoms with van der Waals surface area (Å²) in [5, 5.41) is 7.00. The molecule has 2 N–H and O–H groups in total. The van der Waals surface area contributed by atoms with Gasteiger partial charge in [-0.15, -0.1) is 0 Å². The molecular formula is C19H21BrN4O4S. The van der Waals surface area contributed by atoms with Crippen molar-refractivity contribution in [3.63, 3.8) is 0 Å². The first-order valence-corrected chi connectivity index (χ1v) is 11.2. The predicted molar refractivity (Wildman–Crippen MR) is 114 cm³/mol. The molecule has 0 saturated carbocycles. The fourth-order valence-corrected chi connectivity index (χ4v) is 3.89. The van der Waals surface area contributed by atoms with Crippen LogP contribution in [-0.4, -0.2) is 51.8 Å². The molecule has 1 aliphatic rings. The summed E-state index contributed by atoms with van der Waals surface area (Å²) in [6.45, 7) is 4.49. The number of piperazine rings is 1. The summed E-state index contributed by atoms with van der Waals surface area (Å²) in [4.78, 5) is 16.2. The van der Waals surface area contributed by atoms with Crippen LogP contribution in [-0.2, 0) is 10.0 Å². The third-order valence-electron chi connectivity index (χ3n) is 4.27. The smallest absolute Gasteiger partial charge is 0.409 e. The number of hydrazone groups is 1. The van der Waals surface area contributed by atoms with E-state index in [1.165, 1.54) is 18.3 Å². The van der Waals surface area contributed by atoms with E-state index in [2.05, 4.69) is 31.2 Å². The Morgan fingerprint density at radius 1 is 1.21 bits per heavy atom. The van der Waals surface area contributed by atoms with Crippen LogP contribution in [0.3, 0.4) is 0 Å². The van der Waals surface area contributed by atoms with Crippen molar-refractivity contribution in [3.05, 3.63) is 58.1 Å².